The standard InChI is InChI=1S/C37H47N5O4/c1-8-10-11-14-38-18-26-21(5)27-15-29-20(4)25(12-13-33(43)44)35(41-29)23(7)36-34(37(45)46)22(6)30(42-36)17-31-24(9-2)19(3)28(39-31)16-32(26)40-27/h15-17,20,25,38-40H,8-14,18H2,1-7H3,(H,43,44)(H,45,46)/t20-,25-/m0/s1. The number of nitrogens with zero attached hydrogens (tertiary/aromatic N) is 2. The van der Waals surface area contributed by atoms with Crippen molar-refractivity contribution in [2.45, 2.75) is 105 Å². The first-order valence-corrected chi connectivity index (χ1v) is 16.6. The van der Waals surface area contributed by atoms with Crippen molar-refractivity contribution in [1.29, 1.82) is 0 Å². The van der Waals surface area contributed by atoms with E-state index in [-0.39, 0.29) is 23.8 Å². The molecule has 2 atom stereocenters. The lowest BCUT2D eigenvalue weighted by Gasteiger charge is -2.16. The maximum absolute atomic E-state index is 12.6. The van der Waals surface area contributed by atoms with Crippen LogP contribution in [0.15, 0.2) is 18.2 Å². The summed E-state index contributed by atoms with van der Waals surface area (Å²) in [7, 11) is 0. The van der Waals surface area contributed by atoms with Crippen molar-refractivity contribution < 1.29 is 19.8 Å². The minimum atomic E-state index is -1.04. The van der Waals surface area contributed by atoms with E-state index in [1.807, 2.05) is 13.0 Å². The Balaban J connectivity index is 1.87. The fourth-order valence-electron chi connectivity index (χ4n) is 7.04. The van der Waals surface area contributed by atoms with Gasteiger partial charge in [0.15, 0.2) is 0 Å². The maximum Gasteiger partial charge on any atom is 0.338 e. The molecule has 0 aromatic carbocycles. The van der Waals surface area contributed by atoms with E-state index in [1.54, 1.807) is 6.92 Å². The van der Waals surface area contributed by atoms with Crippen LogP contribution in [0.25, 0.3) is 33.2 Å². The van der Waals surface area contributed by atoms with Crippen LogP contribution in [-0.2, 0) is 22.6 Å². The normalized spacial score (nSPS) is 16.3. The van der Waals surface area contributed by atoms with Gasteiger partial charge >= 0.3 is 11.9 Å². The number of aromatic nitrogens is 4. The van der Waals surface area contributed by atoms with E-state index in [4.69, 9.17) is 9.97 Å². The summed E-state index contributed by atoms with van der Waals surface area (Å²) in [5.41, 5.74) is 12.5. The Hall–Kier alpha value is -4.24. The minimum Gasteiger partial charge on any atom is -0.481 e. The zero-order valence-electron chi connectivity index (χ0n) is 28.1. The van der Waals surface area contributed by atoms with E-state index < -0.39 is 11.9 Å². The van der Waals surface area contributed by atoms with Crippen LogP contribution in [0.1, 0.15) is 122 Å². The summed E-state index contributed by atoms with van der Waals surface area (Å²) < 4.78 is 0. The van der Waals surface area contributed by atoms with E-state index in [2.05, 4.69) is 62.0 Å². The molecule has 2 aliphatic heterocycles. The number of aryl methyl sites for hydroxylation is 3. The van der Waals surface area contributed by atoms with Gasteiger partial charge in [0.1, 0.15) is 0 Å². The smallest absolute Gasteiger partial charge is 0.338 e. The molecule has 0 unspecified atom stereocenters. The Bertz CT molecular complexity index is 1880. The lowest BCUT2D eigenvalue weighted by molar-refractivity contribution is -0.137. The van der Waals surface area contributed by atoms with Crippen molar-refractivity contribution in [2.24, 2.45) is 0 Å². The monoisotopic (exact) mass is 625 g/mol. The van der Waals surface area contributed by atoms with Gasteiger partial charge in [-0.1, -0.05) is 33.6 Å². The first-order valence-electron chi connectivity index (χ1n) is 16.6. The van der Waals surface area contributed by atoms with Gasteiger partial charge in [-0.15, -0.1) is 0 Å². The van der Waals surface area contributed by atoms with Crippen LogP contribution in [0.3, 0.4) is 0 Å². The first kappa shape index (κ1) is 33.1. The number of carboxylic acids is 2. The minimum absolute atomic E-state index is 0.00453. The summed E-state index contributed by atoms with van der Waals surface area (Å²) in [6.07, 6.45) is 4.70. The SMILES string of the molecule is CCCCCNCc1c(C)c2cc3nc(c(C)c4nc(cc5[nH]c(cc1[nH]2)c(C)c5CC)C(C)=C4C(=O)O)[C@@H](CCC(=O)O)[C@@H]3C. The van der Waals surface area contributed by atoms with E-state index in [9.17, 15) is 19.8 Å². The van der Waals surface area contributed by atoms with Gasteiger partial charge in [0.25, 0.3) is 0 Å². The van der Waals surface area contributed by atoms with Gasteiger partial charge in [0.05, 0.1) is 17.0 Å². The fraction of sp³-hybridized carbons (Fsp3) is 0.459. The number of carboxylic acid groups (broad SMARTS) is 2. The number of aliphatic carboxylic acids is 2. The molecule has 0 radical (unpaired) electrons. The quantitative estimate of drug-likeness (QED) is 0.137. The van der Waals surface area contributed by atoms with E-state index in [0.29, 0.717) is 34.6 Å². The number of unbranched alkanes of at least 4 members (excludes halogenated alkanes) is 2. The number of nitrogens with one attached hydrogen (secondary N) is 3. The molecule has 9 nitrogen and oxygen atoms in total. The van der Waals surface area contributed by atoms with E-state index in [1.165, 1.54) is 18.4 Å². The fourth-order valence-corrected chi connectivity index (χ4v) is 7.04. The molecule has 0 saturated carbocycles. The Morgan fingerprint density at radius 3 is 2.20 bits per heavy atom. The predicted octanol–water partition coefficient (Wildman–Crippen LogP) is 7.85. The molecule has 0 aliphatic carbocycles. The third-order valence-corrected chi connectivity index (χ3v) is 9.90. The van der Waals surface area contributed by atoms with Crippen LogP contribution in [0.4, 0.5) is 0 Å². The molecule has 5 N–H and O–H groups in total. The lowest BCUT2D eigenvalue weighted by atomic mass is 9.85. The predicted molar refractivity (Wildman–Crippen MR) is 184 cm³/mol. The van der Waals surface area contributed by atoms with E-state index in [0.717, 1.165) is 70.4 Å². The third-order valence-electron chi connectivity index (χ3n) is 9.90. The summed E-state index contributed by atoms with van der Waals surface area (Å²) >= 11 is 0. The molecule has 5 heterocycles. The topological polar surface area (TPSA) is 144 Å². The summed E-state index contributed by atoms with van der Waals surface area (Å²) in [5, 5.41) is 23.6. The lowest BCUT2D eigenvalue weighted by Crippen LogP contribution is -2.14. The van der Waals surface area contributed by atoms with Crippen LogP contribution < -0.4 is 5.32 Å². The molecule has 3 aromatic heterocycles. The molecule has 8 bridgehead atoms. The Morgan fingerprint density at radius 1 is 0.870 bits per heavy atom. The number of allylic oxidation sites excluding steroid dienone is 1. The van der Waals surface area contributed by atoms with Gasteiger partial charge in [-0.25, -0.2) is 9.78 Å². The number of rotatable bonds is 11. The summed E-state index contributed by atoms with van der Waals surface area (Å²) in [5.74, 6) is -2.17. The highest BCUT2D eigenvalue weighted by Crippen LogP contribution is 2.43. The molecule has 2 aliphatic rings. The molecule has 9 heteroatoms. The second-order valence-electron chi connectivity index (χ2n) is 12.8. The number of H-pyrrole nitrogens is 2. The highest BCUT2D eigenvalue weighted by Gasteiger charge is 2.33. The second kappa shape index (κ2) is 13.6. The summed E-state index contributed by atoms with van der Waals surface area (Å²) in [4.78, 5) is 41.7. The molecule has 0 fully saturated rings. The van der Waals surface area contributed by atoms with Crippen molar-refractivity contribution in [3.63, 3.8) is 0 Å². The average Bonchev–Trinajstić information content (AvgIpc) is 3.69. The first-order chi connectivity index (χ1) is 22.0. The molecular formula is C37H47N5O4. The number of carbonyl (C=O) groups is 2. The zero-order chi connectivity index (χ0) is 33.3. The Morgan fingerprint density at radius 2 is 1.54 bits per heavy atom. The van der Waals surface area contributed by atoms with Crippen LogP contribution in [-0.4, -0.2) is 48.6 Å². The van der Waals surface area contributed by atoms with E-state index >= 15 is 0 Å². The summed E-state index contributed by atoms with van der Waals surface area (Å²) in [6.45, 7) is 16.0. The number of fused-ring (bicyclic) bond motifs is 8. The van der Waals surface area contributed by atoms with Gasteiger partial charge in [-0.05, 0) is 105 Å². The number of hydrogen-bond donors (Lipinski definition) is 5. The van der Waals surface area contributed by atoms with Crippen molar-refractivity contribution in [2.75, 3.05) is 6.54 Å². The average molecular weight is 626 g/mol. The van der Waals surface area contributed by atoms with Gasteiger partial charge in [-0.3, -0.25) is 9.78 Å². The molecule has 5 rings (SSSR count). The van der Waals surface area contributed by atoms with Gasteiger partial charge < -0.3 is 25.5 Å². The van der Waals surface area contributed by atoms with Crippen LogP contribution in [0, 0.1) is 20.8 Å². The Kier molecular flexibility index (Phi) is 9.82. The molecule has 0 saturated heterocycles. The van der Waals surface area contributed by atoms with Crippen molar-refractivity contribution in [3.05, 3.63) is 68.8 Å². The third kappa shape index (κ3) is 6.25. The maximum atomic E-state index is 12.6. The van der Waals surface area contributed by atoms with Crippen molar-refractivity contribution in [1.82, 2.24) is 25.3 Å². The van der Waals surface area contributed by atoms with Crippen molar-refractivity contribution >= 4 is 45.2 Å². The van der Waals surface area contributed by atoms with Crippen LogP contribution >= 0.6 is 0 Å². The van der Waals surface area contributed by atoms with Gasteiger partial charge in [0.2, 0.25) is 0 Å². The molecule has 0 amide bonds. The van der Waals surface area contributed by atoms with Crippen LogP contribution in [0.5, 0.6) is 0 Å². The molecule has 244 valence electrons. The zero-order valence-corrected chi connectivity index (χ0v) is 28.1. The largest absolute Gasteiger partial charge is 0.481 e. The Labute approximate surface area is 270 Å². The molecular weight excluding hydrogens is 578 g/mol. The molecule has 0 spiro atoms. The van der Waals surface area contributed by atoms with Crippen molar-refractivity contribution in [3.8, 4) is 0 Å². The highest BCUT2D eigenvalue weighted by atomic mass is 16.4. The van der Waals surface area contributed by atoms with Crippen LogP contribution in [0.2, 0.25) is 0 Å². The number of hydrogen-bond acceptors (Lipinski definition) is 5. The summed E-state index contributed by atoms with van der Waals surface area (Å²) in [6, 6.07) is 6.22. The van der Waals surface area contributed by atoms with Gasteiger partial charge in [0, 0.05) is 58.3 Å². The highest BCUT2D eigenvalue weighted by molar-refractivity contribution is 6.24. The second-order valence-corrected chi connectivity index (χ2v) is 12.8. The number of aromatic amines is 2. The molecule has 3 aromatic rings. The van der Waals surface area contributed by atoms with Gasteiger partial charge in [-0.2, -0.15) is 0 Å². The molecule has 46 heavy (non-hydrogen) atoms.